The van der Waals surface area contributed by atoms with Crippen LogP contribution in [0.3, 0.4) is 0 Å². The molecule has 1 atom stereocenters. The van der Waals surface area contributed by atoms with Crippen LogP contribution in [0.2, 0.25) is 5.02 Å². The van der Waals surface area contributed by atoms with E-state index in [-0.39, 0.29) is 11.9 Å². The Morgan fingerprint density at radius 3 is 2.70 bits per heavy atom. The third-order valence-corrected chi connectivity index (χ3v) is 4.07. The van der Waals surface area contributed by atoms with Gasteiger partial charge in [0, 0.05) is 6.54 Å². The van der Waals surface area contributed by atoms with Gasteiger partial charge in [0.15, 0.2) is 0 Å². The van der Waals surface area contributed by atoms with Crippen LogP contribution in [0.5, 0.6) is 5.75 Å². The highest BCUT2D eigenvalue weighted by Gasteiger charge is 2.19. The van der Waals surface area contributed by atoms with E-state index in [0.29, 0.717) is 17.3 Å². The minimum Gasteiger partial charge on any atom is -0.497 e. The van der Waals surface area contributed by atoms with Crippen LogP contribution in [0, 0.1) is 0 Å². The van der Waals surface area contributed by atoms with Crippen molar-refractivity contribution in [1.82, 2.24) is 4.90 Å². The third-order valence-electron chi connectivity index (χ3n) is 3.74. The number of methoxy groups -OCH3 is 1. The molecule has 0 aliphatic rings. The molecule has 23 heavy (non-hydrogen) atoms. The Balaban J connectivity index is 1.99. The van der Waals surface area contributed by atoms with E-state index in [1.807, 2.05) is 55.3 Å². The lowest BCUT2D eigenvalue weighted by Gasteiger charge is -2.24. The lowest BCUT2D eigenvalue weighted by atomic mass is 10.1. The van der Waals surface area contributed by atoms with Gasteiger partial charge in [0.1, 0.15) is 5.75 Å². The highest BCUT2D eigenvalue weighted by Crippen LogP contribution is 2.21. The topological polar surface area (TPSA) is 41.6 Å². The molecular formula is C18H21ClN2O2. The number of hydrogen-bond donors (Lipinski definition) is 1. The molecule has 2 rings (SSSR count). The zero-order valence-electron chi connectivity index (χ0n) is 13.5. The van der Waals surface area contributed by atoms with Gasteiger partial charge in [-0.25, -0.2) is 0 Å². The Morgan fingerprint density at radius 1 is 1.26 bits per heavy atom. The number of anilines is 1. The molecular weight excluding hydrogens is 312 g/mol. The number of carbonyl (C=O) groups is 1. The summed E-state index contributed by atoms with van der Waals surface area (Å²) in [5.74, 6) is 0.715. The normalized spacial score (nSPS) is 12.0. The number of nitrogens with zero attached hydrogens (tertiary/aromatic N) is 1. The smallest absolute Gasteiger partial charge is 0.241 e. The maximum absolute atomic E-state index is 12.4. The van der Waals surface area contributed by atoms with Crippen LogP contribution in [-0.4, -0.2) is 31.0 Å². The number of halogens is 1. The zero-order chi connectivity index (χ0) is 16.8. The van der Waals surface area contributed by atoms with Crippen LogP contribution in [-0.2, 0) is 11.3 Å². The van der Waals surface area contributed by atoms with Crippen molar-refractivity contribution in [2.24, 2.45) is 0 Å². The SMILES string of the molecule is COc1cccc(CN(C)C(C)C(=O)Nc2ccccc2Cl)c1. The molecule has 4 nitrogen and oxygen atoms in total. The van der Waals surface area contributed by atoms with Crippen LogP contribution < -0.4 is 10.1 Å². The first-order valence-electron chi connectivity index (χ1n) is 7.40. The van der Waals surface area contributed by atoms with Crippen LogP contribution in [0.25, 0.3) is 0 Å². The summed E-state index contributed by atoms with van der Waals surface area (Å²) in [6.07, 6.45) is 0. The van der Waals surface area contributed by atoms with E-state index in [9.17, 15) is 4.79 Å². The second-order valence-electron chi connectivity index (χ2n) is 5.41. The number of hydrogen-bond acceptors (Lipinski definition) is 3. The van der Waals surface area contributed by atoms with Crippen LogP contribution in [0.4, 0.5) is 5.69 Å². The predicted molar refractivity (Wildman–Crippen MR) is 94.0 cm³/mol. The zero-order valence-corrected chi connectivity index (χ0v) is 14.3. The molecule has 0 fully saturated rings. The molecule has 0 bridgehead atoms. The van der Waals surface area contributed by atoms with Gasteiger partial charge in [0.2, 0.25) is 5.91 Å². The summed E-state index contributed by atoms with van der Waals surface area (Å²) < 4.78 is 5.22. The highest BCUT2D eigenvalue weighted by atomic mass is 35.5. The van der Waals surface area contributed by atoms with E-state index in [1.165, 1.54) is 0 Å². The fourth-order valence-corrected chi connectivity index (χ4v) is 2.38. The van der Waals surface area contributed by atoms with Gasteiger partial charge in [-0.05, 0) is 43.8 Å². The molecule has 0 spiro atoms. The maximum atomic E-state index is 12.4. The van der Waals surface area contributed by atoms with Crippen molar-refractivity contribution in [3.8, 4) is 5.75 Å². The fraction of sp³-hybridized carbons (Fsp3) is 0.278. The van der Waals surface area contributed by atoms with Gasteiger partial charge in [-0.2, -0.15) is 0 Å². The predicted octanol–water partition coefficient (Wildman–Crippen LogP) is 3.81. The lowest BCUT2D eigenvalue weighted by Crippen LogP contribution is -2.39. The van der Waals surface area contributed by atoms with Gasteiger partial charge >= 0.3 is 0 Å². The van der Waals surface area contributed by atoms with E-state index >= 15 is 0 Å². The monoisotopic (exact) mass is 332 g/mol. The Hall–Kier alpha value is -2.04. The average Bonchev–Trinajstić information content (AvgIpc) is 2.56. The van der Waals surface area contributed by atoms with E-state index < -0.39 is 0 Å². The molecule has 0 aromatic heterocycles. The van der Waals surface area contributed by atoms with Gasteiger partial charge in [0.05, 0.1) is 23.9 Å². The van der Waals surface area contributed by atoms with E-state index in [0.717, 1.165) is 11.3 Å². The molecule has 0 saturated carbocycles. The number of para-hydroxylation sites is 1. The van der Waals surface area contributed by atoms with E-state index in [1.54, 1.807) is 19.2 Å². The molecule has 2 aromatic carbocycles. The van der Waals surface area contributed by atoms with Gasteiger partial charge in [-0.3, -0.25) is 9.69 Å². The lowest BCUT2D eigenvalue weighted by molar-refractivity contribution is -0.120. The molecule has 1 amide bonds. The highest BCUT2D eigenvalue weighted by molar-refractivity contribution is 6.33. The minimum atomic E-state index is -0.294. The Kier molecular flexibility index (Phi) is 6.02. The first-order chi connectivity index (χ1) is 11.0. The second kappa shape index (κ2) is 7.99. The summed E-state index contributed by atoms with van der Waals surface area (Å²) in [6, 6.07) is 14.7. The number of nitrogens with one attached hydrogen (secondary N) is 1. The van der Waals surface area contributed by atoms with Gasteiger partial charge in [0.25, 0.3) is 0 Å². The molecule has 1 unspecified atom stereocenters. The first kappa shape index (κ1) is 17.3. The van der Waals surface area contributed by atoms with Crippen molar-refractivity contribution in [3.05, 3.63) is 59.1 Å². The van der Waals surface area contributed by atoms with Crippen LogP contribution in [0.1, 0.15) is 12.5 Å². The Labute approximate surface area is 142 Å². The largest absolute Gasteiger partial charge is 0.497 e. The number of likely N-dealkylation sites (N-methyl/N-ethyl adjacent to an activating group) is 1. The third kappa shape index (κ3) is 4.71. The van der Waals surface area contributed by atoms with Crippen LogP contribution in [0.15, 0.2) is 48.5 Å². The molecule has 2 aromatic rings. The molecule has 5 heteroatoms. The molecule has 0 aliphatic heterocycles. The summed E-state index contributed by atoms with van der Waals surface area (Å²) in [4.78, 5) is 14.4. The molecule has 0 saturated heterocycles. The fourth-order valence-electron chi connectivity index (χ4n) is 2.20. The standard InChI is InChI=1S/C18H21ClN2O2/c1-13(18(22)20-17-10-5-4-9-16(17)19)21(2)12-14-7-6-8-15(11-14)23-3/h4-11,13H,12H2,1-3H3,(H,20,22). The second-order valence-corrected chi connectivity index (χ2v) is 5.82. The Morgan fingerprint density at radius 2 is 2.00 bits per heavy atom. The summed E-state index contributed by atoms with van der Waals surface area (Å²) in [7, 11) is 3.55. The van der Waals surface area contributed by atoms with Crippen molar-refractivity contribution >= 4 is 23.2 Å². The van der Waals surface area contributed by atoms with Crippen LogP contribution >= 0.6 is 11.6 Å². The quantitative estimate of drug-likeness (QED) is 0.874. The number of carbonyl (C=O) groups excluding carboxylic acids is 1. The minimum absolute atomic E-state index is 0.0940. The molecule has 0 heterocycles. The van der Waals surface area contributed by atoms with Crippen molar-refractivity contribution < 1.29 is 9.53 Å². The summed E-state index contributed by atoms with van der Waals surface area (Å²) in [6.45, 7) is 2.51. The summed E-state index contributed by atoms with van der Waals surface area (Å²) in [5.41, 5.74) is 1.71. The number of rotatable bonds is 6. The maximum Gasteiger partial charge on any atom is 0.241 e. The summed E-state index contributed by atoms with van der Waals surface area (Å²) >= 11 is 6.07. The summed E-state index contributed by atoms with van der Waals surface area (Å²) in [5, 5.41) is 3.39. The van der Waals surface area contributed by atoms with Gasteiger partial charge in [-0.1, -0.05) is 35.9 Å². The Bertz CT molecular complexity index is 676. The van der Waals surface area contributed by atoms with Crippen molar-refractivity contribution in [1.29, 1.82) is 0 Å². The molecule has 0 radical (unpaired) electrons. The molecule has 122 valence electrons. The first-order valence-corrected chi connectivity index (χ1v) is 7.77. The number of benzene rings is 2. The number of ether oxygens (including phenoxy) is 1. The molecule has 1 N–H and O–H groups in total. The van der Waals surface area contributed by atoms with E-state index in [2.05, 4.69) is 5.32 Å². The van der Waals surface area contributed by atoms with Crippen molar-refractivity contribution in [2.45, 2.75) is 19.5 Å². The average molecular weight is 333 g/mol. The number of amides is 1. The molecule has 0 aliphatic carbocycles. The van der Waals surface area contributed by atoms with Gasteiger partial charge < -0.3 is 10.1 Å². The van der Waals surface area contributed by atoms with E-state index in [4.69, 9.17) is 16.3 Å². The van der Waals surface area contributed by atoms with Crippen molar-refractivity contribution in [2.75, 3.05) is 19.5 Å². The van der Waals surface area contributed by atoms with Crippen molar-refractivity contribution in [3.63, 3.8) is 0 Å². The van der Waals surface area contributed by atoms with Gasteiger partial charge in [-0.15, -0.1) is 0 Å².